The fourth-order valence-corrected chi connectivity index (χ4v) is 6.31. The van der Waals surface area contributed by atoms with Crippen LogP contribution in [0.25, 0.3) is 0 Å². The number of nitrogens with one attached hydrogen (secondary N) is 1. The number of alkyl halides is 2. The first-order valence-corrected chi connectivity index (χ1v) is 14.3. The van der Waals surface area contributed by atoms with Gasteiger partial charge in [-0.15, -0.1) is 0 Å². The van der Waals surface area contributed by atoms with Crippen LogP contribution >= 0.6 is 0 Å². The number of likely N-dealkylation sites (tertiary alicyclic amines) is 1. The van der Waals surface area contributed by atoms with E-state index in [0.29, 0.717) is 6.04 Å². The number of rotatable bonds is 9. The molecule has 5 heteroatoms. The van der Waals surface area contributed by atoms with Crippen LogP contribution in [0, 0.1) is 0 Å². The Morgan fingerprint density at radius 3 is 2.63 bits per heavy atom. The molecular weight excluding hydrogens is 476 g/mol. The molecule has 1 atom stereocenters. The van der Waals surface area contributed by atoms with Crippen molar-refractivity contribution in [2.75, 3.05) is 19.6 Å². The zero-order valence-electron chi connectivity index (χ0n) is 23.9. The molecule has 0 radical (unpaired) electrons. The number of aryl methyl sites for hydroxylation is 1. The molecule has 1 aromatic carbocycles. The molecule has 3 nitrogen and oxygen atoms in total. The van der Waals surface area contributed by atoms with Gasteiger partial charge in [0.2, 0.25) is 5.92 Å². The summed E-state index contributed by atoms with van der Waals surface area (Å²) in [6.07, 6.45) is 12.8. The zero-order chi connectivity index (χ0) is 27.4. The van der Waals surface area contributed by atoms with Crippen molar-refractivity contribution in [3.05, 3.63) is 94.0 Å². The third kappa shape index (κ3) is 6.48. The molecule has 0 aromatic heterocycles. The van der Waals surface area contributed by atoms with E-state index in [0.717, 1.165) is 69.9 Å². The minimum atomic E-state index is -2.64. The smallest absolute Gasteiger partial charge is 0.246 e. The van der Waals surface area contributed by atoms with Gasteiger partial charge in [-0.05, 0) is 74.3 Å². The molecule has 4 rings (SSSR count). The first-order valence-electron chi connectivity index (χ1n) is 14.3. The Balaban J connectivity index is 1.44. The Kier molecular flexibility index (Phi) is 8.97. The molecule has 0 bridgehead atoms. The average molecular weight is 522 g/mol. The van der Waals surface area contributed by atoms with Gasteiger partial charge in [0.05, 0.1) is 5.70 Å². The van der Waals surface area contributed by atoms with Crippen molar-refractivity contribution in [2.45, 2.75) is 91.1 Å². The number of dihydropyridines is 1. The first kappa shape index (κ1) is 28.4. The van der Waals surface area contributed by atoms with E-state index in [-0.39, 0.29) is 12.3 Å². The quantitative estimate of drug-likeness (QED) is 0.357. The second-order valence-corrected chi connectivity index (χ2v) is 11.4. The monoisotopic (exact) mass is 521 g/mol. The molecule has 0 aliphatic carbocycles. The Morgan fingerprint density at radius 2 is 1.97 bits per heavy atom. The lowest BCUT2D eigenvalue weighted by atomic mass is 9.88. The highest BCUT2D eigenvalue weighted by Gasteiger charge is 2.32. The van der Waals surface area contributed by atoms with Crippen molar-refractivity contribution in [3.63, 3.8) is 0 Å². The maximum Gasteiger partial charge on any atom is 0.246 e. The molecule has 0 amide bonds. The zero-order valence-corrected chi connectivity index (χ0v) is 23.9. The standard InChI is InChI=1S/C33H45F2N3/c1-7-9-27-19-26(11-12-29(27)24(4)20-33(6,34)35)22-37-16-14-28(15-17-37)38-18-13-23(3)31-21-36-25(5)30(10-8-2)32(31)38/h8,10-13,18-19,24,28,36H,3,7,9,14-17,20-22H2,1-2,4-6H3/b10-8-. The number of hydrogen-bond acceptors (Lipinski definition) is 3. The van der Waals surface area contributed by atoms with Gasteiger partial charge in [-0.2, -0.15) is 0 Å². The number of benzene rings is 1. The van der Waals surface area contributed by atoms with Crippen LogP contribution in [0.2, 0.25) is 0 Å². The number of halogens is 2. The fourth-order valence-electron chi connectivity index (χ4n) is 6.31. The molecular formula is C33H45F2N3. The number of allylic oxidation sites excluding steroid dienone is 4. The van der Waals surface area contributed by atoms with Crippen LogP contribution in [0.4, 0.5) is 8.78 Å². The SMILES string of the molecule is C=C1C=CN(C2CCN(Cc3ccc(C(C)CC(C)(F)F)c(CCC)c3)CC2)C2=C1CNC(C)=C2/C=C\C. The molecule has 1 fully saturated rings. The molecule has 0 saturated carbocycles. The highest BCUT2D eigenvalue weighted by atomic mass is 19.3. The van der Waals surface area contributed by atoms with E-state index in [1.165, 1.54) is 33.7 Å². The van der Waals surface area contributed by atoms with E-state index >= 15 is 0 Å². The Morgan fingerprint density at radius 1 is 1.24 bits per heavy atom. The van der Waals surface area contributed by atoms with E-state index in [1.807, 2.05) is 6.92 Å². The summed E-state index contributed by atoms with van der Waals surface area (Å²) in [4.78, 5) is 5.04. The number of hydrogen-bond donors (Lipinski definition) is 1. The van der Waals surface area contributed by atoms with E-state index in [9.17, 15) is 8.78 Å². The second-order valence-electron chi connectivity index (χ2n) is 11.4. The number of piperidine rings is 1. The van der Waals surface area contributed by atoms with Crippen molar-refractivity contribution < 1.29 is 8.78 Å². The molecule has 38 heavy (non-hydrogen) atoms. The minimum absolute atomic E-state index is 0.104. The van der Waals surface area contributed by atoms with Crippen molar-refractivity contribution in [3.8, 4) is 0 Å². The van der Waals surface area contributed by atoms with Gasteiger partial charge >= 0.3 is 0 Å². The minimum Gasteiger partial charge on any atom is -0.384 e. The third-order valence-electron chi connectivity index (χ3n) is 8.17. The predicted octanol–water partition coefficient (Wildman–Crippen LogP) is 7.85. The van der Waals surface area contributed by atoms with Gasteiger partial charge in [0.15, 0.2) is 0 Å². The van der Waals surface area contributed by atoms with Crippen LogP contribution in [-0.2, 0) is 13.0 Å². The molecule has 206 valence electrons. The summed E-state index contributed by atoms with van der Waals surface area (Å²) in [5.41, 5.74) is 9.80. The van der Waals surface area contributed by atoms with Crippen molar-refractivity contribution in [2.24, 2.45) is 0 Å². The van der Waals surface area contributed by atoms with Gasteiger partial charge in [0.1, 0.15) is 0 Å². The van der Waals surface area contributed by atoms with E-state index < -0.39 is 5.92 Å². The van der Waals surface area contributed by atoms with Crippen LogP contribution in [0.5, 0.6) is 0 Å². The van der Waals surface area contributed by atoms with Gasteiger partial charge in [0.25, 0.3) is 0 Å². The Hall–Kier alpha value is -2.66. The predicted molar refractivity (Wildman–Crippen MR) is 155 cm³/mol. The fraction of sp³-hybridized carbons (Fsp3) is 0.515. The Bertz CT molecular complexity index is 1140. The Labute approximate surface area is 228 Å². The van der Waals surface area contributed by atoms with Crippen LogP contribution in [-0.4, -0.2) is 41.4 Å². The van der Waals surface area contributed by atoms with Gasteiger partial charge < -0.3 is 10.2 Å². The summed E-state index contributed by atoms with van der Waals surface area (Å²) in [7, 11) is 0. The van der Waals surface area contributed by atoms with E-state index in [4.69, 9.17) is 0 Å². The molecule has 1 saturated heterocycles. The molecule has 3 heterocycles. The van der Waals surface area contributed by atoms with Crippen LogP contribution in [0.3, 0.4) is 0 Å². The molecule has 0 spiro atoms. The van der Waals surface area contributed by atoms with Crippen molar-refractivity contribution in [1.82, 2.24) is 15.1 Å². The van der Waals surface area contributed by atoms with E-state index in [1.54, 1.807) is 0 Å². The van der Waals surface area contributed by atoms with Crippen LogP contribution in [0.1, 0.15) is 82.9 Å². The lowest BCUT2D eigenvalue weighted by Gasteiger charge is -2.43. The van der Waals surface area contributed by atoms with Gasteiger partial charge in [-0.1, -0.05) is 57.2 Å². The van der Waals surface area contributed by atoms with Crippen molar-refractivity contribution in [1.29, 1.82) is 0 Å². The summed E-state index contributed by atoms with van der Waals surface area (Å²) in [6.45, 7) is 17.5. The highest BCUT2D eigenvalue weighted by Crippen LogP contribution is 2.37. The second kappa shape index (κ2) is 12.0. The molecule has 1 N–H and O–H groups in total. The molecule has 3 aliphatic rings. The summed E-state index contributed by atoms with van der Waals surface area (Å²) in [5, 5.41) is 3.54. The van der Waals surface area contributed by atoms with Crippen LogP contribution < -0.4 is 5.32 Å². The molecule has 1 unspecified atom stereocenters. The van der Waals surface area contributed by atoms with E-state index in [2.05, 4.69) is 85.1 Å². The largest absolute Gasteiger partial charge is 0.384 e. The van der Waals surface area contributed by atoms with Gasteiger partial charge in [-0.25, -0.2) is 8.78 Å². The first-order chi connectivity index (χ1) is 18.1. The lowest BCUT2D eigenvalue weighted by Crippen LogP contribution is -2.44. The van der Waals surface area contributed by atoms with Crippen LogP contribution in [0.15, 0.2) is 77.3 Å². The summed E-state index contributed by atoms with van der Waals surface area (Å²) < 4.78 is 27.4. The van der Waals surface area contributed by atoms with Gasteiger partial charge in [0, 0.05) is 61.7 Å². The molecule has 3 aliphatic heterocycles. The highest BCUT2D eigenvalue weighted by molar-refractivity contribution is 5.58. The topological polar surface area (TPSA) is 18.5 Å². The summed E-state index contributed by atoms with van der Waals surface area (Å²) in [5.74, 6) is -2.79. The molecule has 1 aromatic rings. The lowest BCUT2D eigenvalue weighted by molar-refractivity contribution is 0.00714. The number of nitrogens with zero attached hydrogens (tertiary/aromatic N) is 2. The third-order valence-corrected chi connectivity index (χ3v) is 8.17. The normalized spacial score (nSPS) is 20.4. The van der Waals surface area contributed by atoms with Crippen molar-refractivity contribution >= 4 is 0 Å². The summed E-state index contributed by atoms with van der Waals surface area (Å²) >= 11 is 0. The maximum absolute atomic E-state index is 13.7. The maximum atomic E-state index is 13.7. The average Bonchev–Trinajstić information content (AvgIpc) is 2.86. The summed E-state index contributed by atoms with van der Waals surface area (Å²) in [6, 6.07) is 7.00. The van der Waals surface area contributed by atoms with Gasteiger partial charge in [-0.3, -0.25) is 4.90 Å².